The van der Waals surface area contributed by atoms with Crippen molar-refractivity contribution in [3.63, 3.8) is 0 Å². The summed E-state index contributed by atoms with van der Waals surface area (Å²) in [6.45, 7) is 0. The van der Waals surface area contributed by atoms with E-state index >= 15 is 0 Å². The number of hydrogen-bond acceptors (Lipinski definition) is 4. The molecule has 6 rings (SSSR count). The highest BCUT2D eigenvalue weighted by molar-refractivity contribution is 6.36. The second kappa shape index (κ2) is 12.8. The minimum absolute atomic E-state index is 0.0246. The lowest BCUT2D eigenvalue weighted by atomic mass is 10.2. The molecule has 1 aliphatic rings. The van der Waals surface area contributed by atoms with E-state index in [2.05, 4.69) is 0 Å². The Morgan fingerprint density at radius 3 is 1.36 bits per heavy atom. The van der Waals surface area contributed by atoms with Crippen molar-refractivity contribution in [1.82, 2.24) is 9.36 Å². The molecule has 2 amide bonds. The van der Waals surface area contributed by atoms with E-state index in [4.69, 9.17) is 0 Å². The fraction of sp³-hybridized carbons (Fsp3) is 0. The van der Waals surface area contributed by atoms with Crippen LogP contribution in [-0.2, 0) is 9.59 Å². The van der Waals surface area contributed by atoms with Crippen LogP contribution < -0.4 is 15.6 Å². The summed E-state index contributed by atoms with van der Waals surface area (Å²) >= 11 is 0. The van der Waals surface area contributed by atoms with Crippen molar-refractivity contribution < 1.29 is 14.7 Å². The number of carbonyl (C=O) groups excluding carboxylic acids is 2. The smallest absolute Gasteiger partial charge is 0.283 e. The van der Waals surface area contributed by atoms with Crippen LogP contribution >= 0.6 is 0 Å². The molecule has 0 unspecified atom stereocenters. The minimum Gasteiger partial charge on any atom is -0.493 e. The van der Waals surface area contributed by atoms with E-state index in [1.54, 1.807) is 72.9 Å². The zero-order valence-electron chi connectivity index (χ0n) is 24.0. The predicted octanol–water partition coefficient (Wildman–Crippen LogP) is 6.38. The third kappa shape index (κ3) is 5.68. The molecule has 5 aromatic rings. The first kappa shape index (κ1) is 28.7. The van der Waals surface area contributed by atoms with Crippen LogP contribution in [0.25, 0.3) is 17.5 Å². The van der Waals surface area contributed by atoms with Crippen molar-refractivity contribution in [2.24, 2.45) is 0 Å². The Hall–Kier alpha value is -6.41. The number of anilines is 2. The predicted molar refractivity (Wildman–Crippen MR) is 176 cm³/mol. The molecule has 1 N–H and O–H groups in total. The van der Waals surface area contributed by atoms with Crippen LogP contribution in [0.1, 0.15) is 5.56 Å². The van der Waals surface area contributed by atoms with Gasteiger partial charge in [0.05, 0.1) is 22.7 Å². The fourth-order valence-corrected chi connectivity index (χ4v) is 5.01. The molecule has 4 aromatic carbocycles. The van der Waals surface area contributed by atoms with Gasteiger partial charge in [-0.25, -0.2) is 19.4 Å². The summed E-state index contributed by atoms with van der Waals surface area (Å²) in [6, 6.07) is 36.3. The maximum absolute atomic E-state index is 13.4. The molecule has 1 aromatic heterocycles. The second-order valence-corrected chi connectivity index (χ2v) is 9.95. The third-order valence-corrected chi connectivity index (χ3v) is 7.08. The summed E-state index contributed by atoms with van der Waals surface area (Å²) in [5, 5.41) is 13.8. The Labute approximate surface area is 259 Å². The first-order valence-corrected chi connectivity index (χ1v) is 14.2. The maximum Gasteiger partial charge on any atom is 0.283 e. The van der Waals surface area contributed by atoms with Crippen molar-refractivity contribution in [3.05, 3.63) is 179 Å². The van der Waals surface area contributed by atoms with Gasteiger partial charge in [-0.1, -0.05) is 103 Å². The summed E-state index contributed by atoms with van der Waals surface area (Å²) in [6.07, 6.45) is 11.3. The van der Waals surface area contributed by atoms with E-state index in [1.165, 1.54) is 25.5 Å². The van der Waals surface area contributed by atoms with Crippen LogP contribution in [0.4, 0.5) is 11.4 Å². The number of amides is 2. The van der Waals surface area contributed by atoms with E-state index in [9.17, 15) is 19.5 Å². The molecular formula is C37H28N4O4. The SMILES string of the molecule is O=C1C(=C/C=C/C=C/C=C/c2c(O)n(-c3ccccc3)n(-c3ccccc3)c2=O)C(=O)N(c2ccccc2)N1c1ccccc1. The molecule has 0 saturated carbocycles. The van der Waals surface area contributed by atoms with Gasteiger partial charge in [0.25, 0.3) is 17.4 Å². The molecule has 1 fully saturated rings. The van der Waals surface area contributed by atoms with Crippen LogP contribution in [0.2, 0.25) is 0 Å². The molecule has 0 atom stereocenters. The van der Waals surface area contributed by atoms with E-state index in [-0.39, 0.29) is 22.6 Å². The van der Waals surface area contributed by atoms with Gasteiger partial charge in [-0.05, 0) is 60.7 Å². The number of benzene rings is 4. The van der Waals surface area contributed by atoms with Gasteiger partial charge in [-0.2, -0.15) is 0 Å². The zero-order valence-corrected chi connectivity index (χ0v) is 24.0. The lowest BCUT2D eigenvalue weighted by Crippen LogP contribution is -2.41. The van der Waals surface area contributed by atoms with E-state index in [0.717, 1.165) is 0 Å². The summed E-state index contributed by atoms with van der Waals surface area (Å²) in [7, 11) is 0. The normalized spacial score (nSPS) is 13.6. The van der Waals surface area contributed by atoms with Gasteiger partial charge in [0.1, 0.15) is 11.1 Å². The monoisotopic (exact) mass is 592 g/mol. The third-order valence-electron chi connectivity index (χ3n) is 7.08. The Morgan fingerprint density at radius 2 is 0.867 bits per heavy atom. The van der Waals surface area contributed by atoms with Crippen LogP contribution in [0.15, 0.2) is 168 Å². The van der Waals surface area contributed by atoms with Gasteiger partial charge >= 0.3 is 0 Å². The molecule has 0 radical (unpaired) electrons. The molecule has 220 valence electrons. The number of rotatable bonds is 8. The summed E-state index contributed by atoms with van der Waals surface area (Å²) < 4.78 is 2.90. The molecule has 0 aliphatic carbocycles. The van der Waals surface area contributed by atoms with Crippen LogP contribution in [-0.4, -0.2) is 26.3 Å². The van der Waals surface area contributed by atoms with Crippen LogP contribution in [0.5, 0.6) is 5.88 Å². The van der Waals surface area contributed by atoms with E-state index < -0.39 is 11.8 Å². The molecule has 0 spiro atoms. The standard InChI is InChI=1S/C37H28N4O4/c42-34-32(35(43)39(29-20-10-5-11-21-29)38(34)28-18-8-4-9-19-28)26-16-2-1-3-17-27-33-36(44)40(30-22-12-6-13-23-30)41(37(33)45)31-24-14-7-15-25-31/h1-27,42H/b2-1+,17-3+,26-16+. The Balaban J connectivity index is 1.24. The maximum atomic E-state index is 13.4. The highest BCUT2D eigenvalue weighted by atomic mass is 16.3. The molecule has 0 bridgehead atoms. The first-order chi connectivity index (χ1) is 22.1. The molecule has 1 aliphatic heterocycles. The van der Waals surface area contributed by atoms with Gasteiger partial charge in [0, 0.05) is 0 Å². The van der Waals surface area contributed by atoms with Gasteiger partial charge in [0.15, 0.2) is 0 Å². The lowest BCUT2D eigenvalue weighted by molar-refractivity contribution is -0.116. The highest BCUT2D eigenvalue weighted by Crippen LogP contribution is 2.31. The number of carbonyl (C=O) groups is 2. The van der Waals surface area contributed by atoms with Gasteiger partial charge in [-0.15, -0.1) is 0 Å². The Morgan fingerprint density at radius 1 is 0.467 bits per heavy atom. The van der Waals surface area contributed by atoms with Crippen molar-refractivity contribution >= 4 is 29.3 Å². The molecule has 1 saturated heterocycles. The van der Waals surface area contributed by atoms with Crippen LogP contribution in [0.3, 0.4) is 0 Å². The minimum atomic E-state index is -0.434. The molecular weight excluding hydrogens is 564 g/mol. The van der Waals surface area contributed by atoms with Crippen LogP contribution in [0, 0.1) is 0 Å². The quantitative estimate of drug-likeness (QED) is 0.129. The summed E-state index contributed by atoms with van der Waals surface area (Å²) in [5.41, 5.74) is 2.17. The number of hydrazine groups is 1. The lowest BCUT2D eigenvalue weighted by Gasteiger charge is -2.27. The number of nitrogens with zero attached hydrogens (tertiary/aromatic N) is 4. The van der Waals surface area contributed by atoms with Crippen molar-refractivity contribution in [1.29, 1.82) is 0 Å². The largest absolute Gasteiger partial charge is 0.493 e. The zero-order chi connectivity index (χ0) is 31.2. The molecule has 8 nitrogen and oxygen atoms in total. The summed E-state index contributed by atoms with van der Waals surface area (Å²) in [4.78, 5) is 40.2. The van der Waals surface area contributed by atoms with E-state index in [1.807, 2.05) is 84.9 Å². The number of hydrogen-bond donors (Lipinski definition) is 1. The molecule has 45 heavy (non-hydrogen) atoms. The molecule has 8 heteroatoms. The van der Waals surface area contributed by atoms with Gasteiger partial charge in [-0.3, -0.25) is 14.4 Å². The van der Waals surface area contributed by atoms with Gasteiger partial charge < -0.3 is 5.11 Å². The Bertz CT molecular complexity index is 1950. The number of allylic oxidation sites excluding steroid dienone is 6. The summed E-state index contributed by atoms with van der Waals surface area (Å²) in [5.74, 6) is -1.06. The first-order valence-electron chi connectivity index (χ1n) is 14.2. The topological polar surface area (TPSA) is 87.8 Å². The Kier molecular flexibility index (Phi) is 8.19. The van der Waals surface area contributed by atoms with Gasteiger partial charge in [0.2, 0.25) is 5.88 Å². The fourth-order valence-electron chi connectivity index (χ4n) is 5.01. The van der Waals surface area contributed by atoms with E-state index in [0.29, 0.717) is 22.7 Å². The number of aromatic hydroxyl groups is 1. The second-order valence-electron chi connectivity index (χ2n) is 9.95. The highest BCUT2D eigenvalue weighted by Gasteiger charge is 2.42. The molecule has 2 heterocycles. The number of para-hydroxylation sites is 4. The van der Waals surface area contributed by atoms with Crippen molar-refractivity contribution in [2.45, 2.75) is 0 Å². The number of aromatic nitrogens is 2. The average Bonchev–Trinajstić information content (AvgIpc) is 3.49. The van der Waals surface area contributed by atoms with Crippen molar-refractivity contribution in [2.75, 3.05) is 10.0 Å². The van der Waals surface area contributed by atoms with Crippen molar-refractivity contribution in [3.8, 4) is 17.3 Å². The average molecular weight is 593 g/mol.